The van der Waals surface area contributed by atoms with Gasteiger partial charge in [0.05, 0.1) is 55.1 Å². The summed E-state index contributed by atoms with van der Waals surface area (Å²) in [7, 11) is 0. The van der Waals surface area contributed by atoms with Gasteiger partial charge in [-0.25, -0.2) is 23.4 Å². The zero-order valence-electron chi connectivity index (χ0n) is 34.1. The second-order valence-corrected chi connectivity index (χ2v) is 15.0. The van der Waals surface area contributed by atoms with Crippen LogP contribution in [0, 0.1) is 5.92 Å². The number of nitrogens with one attached hydrogen (secondary N) is 5. The van der Waals surface area contributed by atoms with E-state index in [1.807, 2.05) is 0 Å². The quantitative estimate of drug-likeness (QED) is 0.0544. The molecule has 5 N–H and O–H groups in total. The maximum Gasteiger partial charge on any atom is 0.284 e. The summed E-state index contributed by atoms with van der Waals surface area (Å²) in [6, 6.07) is 13.2. The number of halogens is 2. The molecule has 19 nitrogen and oxygen atoms in total. The van der Waals surface area contributed by atoms with Crippen molar-refractivity contribution in [1.82, 2.24) is 35.3 Å². The molecule has 2 fully saturated rings. The molecule has 1 unspecified atom stereocenters. The Morgan fingerprint density at radius 2 is 1.67 bits per heavy atom. The Morgan fingerprint density at radius 3 is 2.42 bits per heavy atom. The fourth-order valence-electron chi connectivity index (χ4n) is 7.05. The molecule has 1 saturated heterocycles. The van der Waals surface area contributed by atoms with Crippen molar-refractivity contribution in [2.24, 2.45) is 5.92 Å². The van der Waals surface area contributed by atoms with E-state index in [4.69, 9.17) is 13.9 Å². The van der Waals surface area contributed by atoms with Crippen molar-refractivity contribution in [2.45, 2.75) is 38.2 Å². The molecule has 2 aliphatic heterocycles. The summed E-state index contributed by atoms with van der Waals surface area (Å²) in [5.74, 6) is -2.05. The molecule has 332 valence electrons. The van der Waals surface area contributed by atoms with Crippen LogP contribution in [0.1, 0.15) is 79.4 Å². The molecule has 8 rings (SSSR count). The third-order valence-electron chi connectivity index (χ3n) is 10.5. The van der Waals surface area contributed by atoms with E-state index >= 15 is 0 Å². The number of ether oxygens (including phenoxy) is 2. The Hall–Kier alpha value is -7.39. The molecule has 1 saturated carbocycles. The molecule has 2 aromatic carbocycles. The van der Waals surface area contributed by atoms with Crippen molar-refractivity contribution < 1.29 is 51.4 Å². The van der Waals surface area contributed by atoms with Gasteiger partial charge in [-0.3, -0.25) is 39.0 Å². The first-order valence-electron chi connectivity index (χ1n) is 20.5. The fraction of sp³-hybridized carbons (Fsp3) is 0.326. The predicted octanol–water partition coefficient (Wildman–Crippen LogP) is 4.21. The van der Waals surface area contributed by atoms with Gasteiger partial charge in [-0.05, 0) is 73.7 Å². The molecule has 3 aliphatic rings. The highest BCUT2D eigenvalue weighted by molar-refractivity contribution is 6.25. The Balaban J connectivity index is 0.743. The van der Waals surface area contributed by atoms with E-state index in [1.54, 1.807) is 30.5 Å². The van der Waals surface area contributed by atoms with Crippen molar-refractivity contribution >= 4 is 52.6 Å². The summed E-state index contributed by atoms with van der Waals surface area (Å²) in [5, 5.41) is 17.7. The van der Waals surface area contributed by atoms with E-state index in [9.17, 15) is 37.5 Å². The molecular formula is C43H42F2N10O9. The van der Waals surface area contributed by atoms with Crippen LogP contribution in [-0.4, -0.2) is 112 Å². The van der Waals surface area contributed by atoms with Crippen LogP contribution >= 0.6 is 0 Å². The number of rotatable bonds is 20. The van der Waals surface area contributed by atoms with E-state index in [2.05, 4.69) is 41.7 Å². The number of carbonyl (C=O) groups is 6. The van der Waals surface area contributed by atoms with Crippen LogP contribution < -0.4 is 26.6 Å². The number of oxazole rings is 1. The molecular weight excluding hydrogens is 839 g/mol. The highest BCUT2D eigenvalue weighted by atomic mass is 19.3. The number of pyridine rings is 1. The summed E-state index contributed by atoms with van der Waals surface area (Å²) in [5.41, 5.74) is 0.982. The van der Waals surface area contributed by atoms with Crippen LogP contribution in [-0.2, 0) is 19.1 Å². The van der Waals surface area contributed by atoms with Gasteiger partial charge in [0.1, 0.15) is 18.1 Å². The maximum atomic E-state index is 14.0. The normalized spacial score (nSPS) is 15.9. The first-order chi connectivity index (χ1) is 31.0. The van der Waals surface area contributed by atoms with Crippen LogP contribution in [0.2, 0.25) is 0 Å². The molecule has 0 radical (unpaired) electrons. The number of hydrogen-bond donors (Lipinski definition) is 5. The van der Waals surface area contributed by atoms with Crippen molar-refractivity contribution in [2.75, 3.05) is 62.0 Å². The SMILES string of the molecule is O=C1CCC(N2C(=O)c3cccc(NCCOCCOCCNC(=O)c4ccc(-n5cc(NC(=O)c6coc(-c7ccnc(NCC8CC8)c7)n6)c(C(F)F)n5)cc4)c3C2=O)C(=O)N1. The Labute approximate surface area is 363 Å². The first kappa shape index (κ1) is 43.3. The van der Waals surface area contributed by atoms with Crippen LogP contribution in [0.3, 0.4) is 0 Å². The van der Waals surface area contributed by atoms with Crippen LogP contribution in [0.5, 0.6) is 0 Å². The van der Waals surface area contributed by atoms with E-state index < -0.39 is 53.6 Å². The van der Waals surface area contributed by atoms with Crippen molar-refractivity contribution in [3.05, 3.63) is 101 Å². The van der Waals surface area contributed by atoms with Gasteiger partial charge in [-0.1, -0.05) is 6.07 Å². The number of aromatic nitrogens is 4. The monoisotopic (exact) mass is 880 g/mol. The van der Waals surface area contributed by atoms with Gasteiger partial charge in [0.2, 0.25) is 17.7 Å². The highest BCUT2D eigenvalue weighted by Crippen LogP contribution is 2.33. The smallest absolute Gasteiger partial charge is 0.284 e. The molecule has 0 bridgehead atoms. The zero-order chi connectivity index (χ0) is 44.7. The lowest BCUT2D eigenvalue weighted by atomic mass is 10.0. The van der Waals surface area contributed by atoms with Crippen LogP contribution in [0.4, 0.5) is 26.0 Å². The van der Waals surface area contributed by atoms with Crippen molar-refractivity contribution in [3.63, 3.8) is 0 Å². The Bertz CT molecular complexity index is 2580. The Kier molecular flexibility index (Phi) is 13.1. The van der Waals surface area contributed by atoms with E-state index in [-0.39, 0.29) is 74.2 Å². The fourth-order valence-corrected chi connectivity index (χ4v) is 7.05. The second kappa shape index (κ2) is 19.3. The first-order valence-corrected chi connectivity index (χ1v) is 20.5. The summed E-state index contributed by atoms with van der Waals surface area (Å²) in [6.45, 7) is 2.21. The number of alkyl halides is 2. The molecule has 6 amide bonds. The van der Waals surface area contributed by atoms with Crippen LogP contribution in [0.15, 0.2) is 77.7 Å². The number of fused-ring (bicyclic) bond motifs is 1. The number of piperidine rings is 1. The van der Waals surface area contributed by atoms with Crippen molar-refractivity contribution in [1.29, 1.82) is 0 Å². The van der Waals surface area contributed by atoms with Gasteiger partial charge in [-0.15, -0.1) is 0 Å². The minimum Gasteiger partial charge on any atom is -0.444 e. The number of anilines is 3. The molecule has 1 atom stereocenters. The number of hydrogen-bond acceptors (Lipinski definition) is 14. The summed E-state index contributed by atoms with van der Waals surface area (Å²) in [6.07, 6.45) is 3.42. The third-order valence-corrected chi connectivity index (χ3v) is 10.5. The van der Waals surface area contributed by atoms with Gasteiger partial charge < -0.3 is 35.2 Å². The molecule has 5 aromatic rings. The van der Waals surface area contributed by atoms with Crippen LogP contribution in [0.25, 0.3) is 17.1 Å². The molecule has 1 aliphatic carbocycles. The standard InChI is InChI=1S/C43H42F2N10O9/c44-37(45)36-30(50-39(58)31-23-64-41(51-31)26-12-13-47-33(20-26)49-21-24-4-5-24)22-54(53-36)27-8-6-25(7-9-27)38(57)48-15-17-63-19-18-62-16-14-46-29-3-1-2-28-35(29)43(61)55(42(28)60)32-10-11-34(56)52-40(32)59/h1-3,6-9,12-13,20,22-24,32,37,46H,4-5,10-11,14-19,21H2,(H,47,49)(H,48,57)(H,50,58)(H,52,56,59). The lowest BCUT2D eigenvalue weighted by Crippen LogP contribution is -2.54. The molecule has 3 aromatic heterocycles. The minimum absolute atomic E-state index is 0.0284. The number of carbonyl (C=O) groups excluding carboxylic acids is 6. The average Bonchev–Trinajstić information content (AvgIpc) is 3.70. The topological polar surface area (TPSA) is 241 Å². The van der Waals surface area contributed by atoms with E-state index in [0.717, 1.165) is 17.7 Å². The number of nitrogens with zero attached hydrogens (tertiary/aromatic N) is 5. The third kappa shape index (κ3) is 9.95. The molecule has 5 heterocycles. The maximum absolute atomic E-state index is 14.0. The minimum atomic E-state index is -3.01. The predicted molar refractivity (Wildman–Crippen MR) is 223 cm³/mol. The molecule has 0 spiro atoms. The van der Waals surface area contributed by atoms with Gasteiger partial charge in [0.15, 0.2) is 11.4 Å². The zero-order valence-corrected chi connectivity index (χ0v) is 34.1. The lowest BCUT2D eigenvalue weighted by Gasteiger charge is -2.27. The number of benzene rings is 2. The molecule has 21 heteroatoms. The van der Waals surface area contributed by atoms with E-state index in [1.165, 1.54) is 54.1 Å². The van der Waals surface area contributed by atoms with Gasteiger partial charge >= 0.3 is 0 Å². The lowest BCUT2D eigenvalue weighted by molar-refractivity contribution is -0.136. The highest BCUT2D eigenvalue weighted by Gasteiger charge is 2.45. The summed E-state index contributed by atoms with van der Waals surface area (Å²) >= 11 is 0. The molecule has 64 heavy (non-hydrogen) atoms. The van der Waals surface area contributed by atoms with Gasteiger partial charge in [0.25, 0.3) is 30.1 Å². The van der Waals surface area contributed by atoms with Crippen molar-refractivity contribution in [3.8, 4) is 17.1 Å². The van der Waals surface area contributed by atoms with Gasteiger partial charge in [-0.2, -0.15) is 5.10 Å². The largest absolute Gasteiger partial charge is 0.444 e. The van der Waals surface area contributed by atoms with Gasteiger partial charge in [0, 0.05) is 49.1 Å². The second-order valence-electron chi connectivity index (χ2n) is 15.0. The average molecular weight is 881 g/mol. The Morgan fingerprint density at radius 1 is 0.891 bits per heavy atom. The van der Waals surface area contributed by atoms with E-state index in [0.29, 0.717) is 40.8 Å². The number of imide groups is 2. The summed E-state index contributed by atoms with van der Waals surface area (Å²) < 4.78 is 45.9. The number of amides is 6. The summed E-state index contributed by atoms with van der Waals surface area (Å²) in [4.78, 5) is 85.5.